The number of hydrogen-bond acceptors (Lipinski definition) is 8. The number of halogens is 1. The maximum absolute atomic E-state index is 13.5. The van der Waals surface area contributed by atoms with Gasteiger partial charge in [-0.3, -0.25) is 4.68 Å². The number of benzene rings is 1. The molecule has 3 aromatic heterocycles. The van der Waals surface area contributed by atoms with Crippen molar-refractivity contribution < 1.29 is 4.39 Å². The van der Waals surface area contributed by atoms with Gasteiger partial charge in [-0.2, -0.15) is 20.0 Å². The molecule has 0 bridgehead atoms. The lowest BCUT2D eigenvalue weighted by molar-refractivity contribution is 0.328. The Hall–Kier alpha value is -3.91. The van der Waals surface area contributed by atoms with Crippen LogP contribution in [0.1, 0.15) is 31.4 Å². The van der Waals surface area contributed by atoms with E-state index >= 15 is 0 Å². The lowest BCUT2D eigenvalue weighted by atomic mass is 10.1. The monoisotopic (exact) mass is 434 g/mol. The summed E-state index contributed by atoms with van der Waals surface area (Å²) in [7, 11) is 4.11. The molecule has 0 aliphatic carbocycles. The molecule has 3 heterocycles. The second-order valence-corrected chi connectivity index (χ2v) is 7.67. The molecule has 0 spiro atoms. The second-order valence-electron chi connectivity index (χ2n) is 7.67. The van der Waals surface area contributed by atoms with Crippen LogP contribution in [-0.2, 0) is 0 Å². The van der Waals surface area contributed by atoms with E-state index in [1.54, 1.807) is 12.4 Å². The SMILES string of the molecule is CCC(CCN(C)C)n1cc(Nc2ncc3nnn(-c4ccc(F)cc4C#N)c3n2)cn1. The predicted molar refractivity (Wildman–Crippen MR) is 117 cm³/mol. The maximum Gasteiger partial charge on any atom is 0.229 e. The van der Waals surface area contributed by atoms with Crippen LogP contribution in [0, 0.1) is 17.1 Å². The number of nitrogens with zero attached hydrogens (tertiary/aromatic N) is 9. The van der Waals surface area contributed by atoms with Crippen molar-refractivity contribution in [2.75, 3.05) is 26.0 Å². The quantitative estimate of drug-likeness (QED) is 0.450. The van der Waals surface area contributed by atoms with Gasteiger partial charge in [0.2, 0.25) is 5.95 Å². The summed E-state index contributed by atoms with van der Waals surface area (Å²) in [4.78, 5) is 11.0. The van der Waals surface area contributed by atoms with Crippen LogP contribution in [0.3, 0.4) is 0 Å². The van der Waals surface area contributed by atoms with Crippen LogP contribution in [-0.4, -0.2) is 60.3 Å². The molecule has 1 unspecified atom stereocenters. The third kappa shape index (κ3) is 4.40. The van der Waals surface area contributed by atoms with E-state index in [4.69, 9.17) is 0 Å². The van der Waals surface area contributed by atoms with Crippen LogP contribution in [0.25, 0.3) is 16.9 Å². The van der Waals surface area contributed by atoms with E-state index in [1.165, 1.54) is 16.8 Å². The first-order valence-electron chi connectivity index (χ1n) is 10.2. The first-order chi connectivity index (χ1) is 15.5. The molecular formula is C21H23FN10. The molecule has 164 valence electrons. The van der Waals surface area contributed by atoms with Crippen molar-refractivity contribution in [2.45, 2.75) is 25.8 Å². The fraction of sp³-hybridized carbons (Fsp3) is 0.333. The second kappa shape index (κ2) is 9.07. The van der Waals surface area contributed by atoms with Crippen molar-refractivity contribution in [1.82, 2.24) is 39.6 Å². The summed E-state index contributed by atoms with van der Waals surface area (Å²) in [5.74, 6) is -0.165. The van der Waals surface area contributed by atoms with Crippen LogP contribution in [0.15, 0.2) is 36.8 Å². The highest BCUT2D eigenvalue weighted by atomic mass is 19.1. The molecule has 0 saturated carbocycles. The van der Waals surface area contributed by atoms with Gasteiger partial charge in [-0.25, -0.2) is 9.37 Å². The molecule has 0 aliphatic heterocycles. The Kier molecular flexibility index (Phi) is 6.04. The summed E-state index contributed by atoms with van der Waals surface area (Å²) in [6.07, 6.45) is 7.17. The number of hydrogen-bond donors (Lipinski definition) is 1. The number of nitriles is 1. The Labute approximate surface area is 184 Å². The van der Waals surface area contributed by atoms with Crippen LogP contribution in [0.2, 0.25) is 0 Å². The zero-order chi connectivity index (χ0) is 22.7. The van der Waals surface area contributed by atoms with Gasteiger partial charge in [-0.1, -0.05) is 12.1 Å². The van der Waals surface area contributed by atoms with E-state index in [9.17, 15) is 9.65 Å². The van der Waals surface area contributed by atoms with E-state index in [-0.39, 0.29) is 5.56 Å². The van der Waals surface area contributed by atoms with Crippen LogP contribution in [0.5, 0.6) is 0 Å². The Balaban J connectivity index is 1.60. The van der Waals surface area contributed by atoms with Crippen molar-refractivity contribution in [1.29, 1.82) is 5.26 Å². The Bertz CT molecular complexity index is 1270. The minimum absolute atomic E-state index is 0.134. The fourth-order valence-corrected chi connectivity index (χ4v) is 3.40. The molecule has 4 aromatic rings. The van der Waals surface area contributed by atoms with E-state index in [0.717, 1.165) is 31.1 Å². The first-order valence-corrected chi connectivity index (χ1v) is 10.2. The fourth-order valence-electron chi connectivity index (χ4n) is 3.40. The highest BCUT2D eigenvalue weighted by Crippen LogP contribution is 2.22. The summed E-state index contributed by atoms with van der Waals surface area (Å²) < 4.78 is 16.9. The molecule has 11 heteroatoms. The molecule has 1 aromatic carbocycles. The summed E-state index contributed by atoms with van der Waals surface area (Å²) in [6.45, 7) is 3.12. The smallest absolute Gasteiger partial charge is 0.229 e. The maximum atomic E-state index is 13.5. The molecule has 0 fully saturated rings. The van der Waals surface area contributed by atoms with Crippen LogP contribution >= 0.6 is 0 Å². The van der Waals surface area contributed by atoms with Gasteiger partial charge in [-0.15, -0.1) is 5.10 Å². The minimum Gasteiger partial charge on any atom is -0.321 e. The summed E-state index contributed by atoms with van der Waals surface area (Å²) in [6, 6.07) is 6.16. The van der Waals surface area contributed by atoms with Crippen molar-refractivity contribution in [3.8, 4) is 11.8 Å². The molecule has 1 atom stereocenters. The van der Waals surface area contributed by atoms with Gasteiger partial charge in [0, 0.05) is 6.20 Å². The highest BCUT2D eigenvalue weighted by Gasteiger charge is 2.15. The number of aromatic nitrogens is 7. The van der Waals surface area contributed by atoms with Crippen LogP contribution in [0.4, 0.5) is 16.0 Å². The van der Waals surface area contributed by atoms with Gasteiger partial charge in [0.05, 0.1) is 35.4 Å². The number of rotatable bonds is 8. The van der Waals surface area contributed by atoms with Gasteiger partial charge in [0.15, 0.2) is 11.2 Å². The Morgan fingerprint density at radius 2 is 2.12 bits per heavy atom. The molecule has 0 saturated heterocycles. The zero-order valence-electron chi connectivity index (χ0n) is 18.1. The topological polar surface area (TPSA) is 113 Å². The predicted octanol–water partition coefficient (Wildman–Crippen LogP) is 3.06. The average Bonchev–Trinajstić information content (AvgIpc) is 3.41. The van der Waals surface area contributed by atoms with Crippen molar-refractivity contribution >= 4 is 22.8 Å². The minimum atomic E-state index is -0.500. The molecule has 32 heavy (non-hydrogen) atoms. The summed E-state index contributed by atoms with van der Waals surface area (Å²) in [5.41, 5.74) is 2.13. The van der Waals surface area contributed by atoms with E-state index < -0.39 is 5.82 Å². The Morgan fingerprint density at radius 1 is 1.28 bits per heavy atom. The van der Waals surface area contributed by atoms with E-state index in [2.05, 4.69) is 56.6 Å². The lowest BCUT2D eigenvalue weighted by Crippen LogP contribution is -2.19. The molecule has 0 radical (unpaired) electrons. The number of nitrogens with one attached hydrogen (secondary N) is 1. The Morgan fingerprint density at radius 3 is 2.88 bits per heavy atom. The van der Waals surface area contributed by atoms with E-state index in [0.29, 0.717) is 28.8 Å². The first kappa shape index (κ1) is 21.3. The summed E-state index contributed by atoms with van der Waals surface area (Å²) >= 11 is 0. The molecule has 0 aliphatic rings. The molecule has 10 nitrogen and oxygen atoms in total. The highest BCUT2D eigenvalue weighted by molar-refractivity contribution is 5.73. The lowest BCUT2D eigenvalue weighted by Gasteiger charge is -2.18. The molecular weight excluding hydrogens is 411 g/mol. The van der Waals surface area contributed by atoms with Gasteiger partial charge in [0.25, 0.3) is 0 Å². The van der Waals surface area contributed by atoms with Crippen molar-refractivity contribution in [3.05, 3.63) is 48.2 Å². The standard InChI is InChI=1S/C21H23FN10/c1-4-17(7-8-30(2)3)31-13-16(11-25-31)26-21-24-12-18-20(27-21)32(29-28-18)19-6-5-15(22)9-14(19)10-23/h5-6,9,11-13,17H,4,7-8H2,1-3H3,(H,24,26,27). The van der Waals surface area contributed by atoms with Crippen molar-refractivity contribution in [2.24, 2.45) is 0 Å². The van der Waals surface area contributed by atoms with Gasteiger partial charge >= 0.3 is 0 Å². The van der Waals surface area contributed by atoms with E-state index in [1.807, 2.05) is 16.9 Å². The molecule has 4 rings (SSSR count). The zero-order valence-corrected chi connectivity index (χ0v) is 18.1. The van der Waals surface area contributed by atoms with Crippen molar-refractivity contribution in [3.63, 3.8) is 0 Å². The molecule has 0 amide bonds. The average molecular weight is 434 g/mol. The number of anilines is 2. The third-order valence-corrected chi connectivity index (χ3v) is 5.11. The summed E-state index contributed by atoms with van der Waals surface area (Å²) in [5, 5.41) is 25.1. The van der Waals surface area contributed by atoms with Gasteiger partial charge < -0.3 is 10.2 Å². The van der Waals surface area contributed by atoms with Gasteiger partial charge in [-0.05, 0) is 51.7 Å². The molecule has 1 N–H and O–H groups in total. The number of fused-ring (bicyclic) bond motifs is 1. The third-order valence-electron chi connectivity index (χ3n) is 5.11. The van der Waals surface area contributed by atoms with Crippen LogP contribution < -0.4 is 5.32 Å². The normalized spacial score (nSPS) is 12.2. The van der Waals surface area contributed by atoms with Gasteiger partial charge in [0.1, 0.15) is 11.9 Å². The largest absolute Gasteiger partial charge is 0.321 e.